The quantitative estimate of drug-likeness (QED) is 0.866. The highest BCUT2D eigenvalue weighted by atomic mass is 16.5. The number of aromatic nitrogens is 3. The lowest BCUT2D eigenvalue weighted by Gasteiger charge is -2.07. The summed E-state index contributed by atoms with van der Waals surface area (Å²) in [5, 5.41) is 7.92. The average molecular weight is 246 g/mol. The van der Waals surface area contributed by atoms with Gasteiger partial charge in [0.25, 0.3) is 0 Å². The normalized spacial score (nSPS) is 10.6. The van der Waals surface area contributed by atoms with Crippen LogP contribution in [0.15, 0.2) is 24.3 Å². The van der Waals surface area contributed by atoms with Crippen molar-refractivity contribution in [2.45, 2.75) is 26.5 Å². The Bertz CT molecular complexity index is 504. The van der Waals surface area contributed by atoms with Gasteiger partial charge in [0.05, 0.1) is 0 Å². The first-order valence-electron chi connectivity index (χ1n) is 6.03. The Morgan fingerprint density at radius 2 is 2.00 bits per heavy atom. The first kappa shape index (κ1) is 12.6. The van der Waals surface area contributed by atoms with E-state index in [2.05, 4.69) is 29.4 Å². The fourth-order valence-corrected chi connectivity index (χ4v) is 1.73. The molecule has 0 aliphatic carbocycles. The molecule has 0 aliphatic rings. The molecule has 18 heavy (non-hydrogen) atoms. The molecule has 96 valence electrons. The molecule has 2 rings (SSSR count). The van der Waals surface area contributed by atoms with Crippen molar-refractivity contribution in [1.29, 1.82) is 0 Å². The monoisotopic (exact) mass is 246 g/mol. The van der Waals surface area contributed by atoms with Gasteiger partial charge in [-0.15, -0.1) is 5.10 Å². The van der Waals surface area contributed by atoms with E-state index < -0.39 is 0 Å². The van der Waals surface area contributed by atoms with Crippen LogP contribution in [0.3, 0.4) is 0 Å². The van der Waals surface area contributed by atoms with E-state index in [9.17, 15) is 0 Å². The summed E-state index contributed by atoms with van der Waals surface area (Å²) in [5.41, 5.74) is 8.59. The summed E-state index contributed by atoms with van der Waals surface area (Å²) in [6.07, 6.45) is 1.03. The Balaban J connectivity index is 2.04. The fourth-order valence-electron chi connectivity index (χ4n) is 1.73. The van der Waals surface area contributed by atoms with Gasteiger partial charge in [0.1, 0.15) is 23.7 Å². The zero-order chi connectivity index (χ0) is 13.0. The van der Waals surface area contributed by atoms with E-state index in [1.165, 1.54) is 5.56 Å². The standard InChI is InChI=1S/C13H18N4O/c1-3-10-4-6-11(7-5-10)18-9-13-12(8-14)15-16-17(13)2/h4-7H,3,8-9,14H2,1-2H3. The van der Waals surface area contributed by atoms with Crippen LogP contribution in [0, 0.1) is 0 Å². The minimum absolute atomic E-state index is 0.376. The van der Waals surface area contributed by atoms with Gasteiger partial charge in [0.15, 0.2) is 0 Å². The number of benzene rings is 1. The van der Waals surface area contributed by atoms with Gasteiger partial charge in [0, 0.05) is 13.6 Å². The Morgan fingerprint density at radius 1 is 1.28 bits per heavy atom. The second-order valence-electron chi connectivity index (χ2n) is 4.10. The predicted molar refractivity (Wildman–Crippen MR) is 69.0 cm³/mol. The molecule has 0 saturated carbocycles. The summed E-state index contributed by atoms with van der Waals surface area (Å²) >= 11 is 0. The molecule has 0 bridgehead atoms. The summed E-state index contributed by atoms with van der Waals surface area (Å²) in [7, 11) is 1.84. The molecule has 5 nitrogen and oxygen atoms in total. The van der Waals surface area contributed by atoms with E-state index in [1.54, 1.807) is 4.68 Å². The van der Waals surface area contributed by atoms with E-state index >= 15 is 0 Å². The number of rotatable bonds is 5. The minimum Gasteiger partial charge on any atom is -0.487 e. The number of hydrogen-bond donors (Lipinski definition) is 1. The van der Waals surface area contributed by atoms with Gasteiger partial charge in [-0.1, -0.05) is 24.3 Å². The molecule has 0 spiro atoms. The van der Waals surface area contributed by atoms with Crippen LogP contribution in [0.1, 0.15) is 23.9 Å². The van der Waals surface area contributed by atoms with Crippen LogP contribution in [0.5, 0.6) is 5.75 Å². The number of aryl methyl sites for hydroxylation is 2. The molecular weight excluding hydrogens is 228 g/mol. The smallest absolute Gasteiger partial charge is 0.132 e. The summed E-state index contributed by atoms with van der Waals surface area (Å²) in [5.74, 6) is 0.844. The van der Waals surface area contributed by atoms with Crippen LogP contribution in [0.25, 0.3) is 0 Å². The third-order valence-electron chi connectivity index (χ3n) is 2.92. The Morgan fingerprint density at radius 3 is 2.61 bits per heavy atom. The van der Waals surface area contributed by atoms with Crippen molar-refractivity contribution in [2.75, 3.05) is 0 Å². The summed E-state index contributed by atoms with van der Waals surface area (Å²) in [6, 6.07) is 8.09. The van der Waals surface area contributed by atoms with Crippen molar-refractivity contribution in [1.82, 2.24) is 15.0 Å². The lowest BCUT2D eigenvalue weighted by molar-refractivity contribution is 0.293. The molecule has 2 N–H and O–H groups in total. The molecule has 0 aliphatic heterocycles. The molecule has 0 atom stereocenters. The van der Waals surface area contributed by atoms with Gasteiger partial charge in [-0.05, 0) is 24.1 Å². The maximum absolute atomic E-state index is 5.72. The molecule has 1 heterocycles. The van der Waals surface area contributed by atoms with E-state index in [0.717, 1.165) is 23.6 Å². The highest BCUT2D eigenvalue weighted by Crippen LogP contribution is 2.15. The van der Waals surface area contributed by atoms with Gasteiger partial charge < -0.3 is 10.5 Å². The van der Waals surface area contributed by atoms with E-state index in [0.29, 0.717) is 13.2 Å². The van der Waals surface area contributed by atoms with Crippen LogP contribution in [0.4, 0.5) is 0 Å². The second kappa shape index (κ2) is 5.64. The van der Waals surface area contributed by atoms with Gasteiger partial charge >= 0.3 is 0 Å². The predicted octanol–water partition coefficient (Wildman–Crippen LogP) is 1.42. The van der Waals surface area contributed by atoms with Crippen molar-refractivity contribution in [3.8, 4) is 5.75 Å². The van der Waals surface area contributed by atoms with Crippen molar-refractivity contribution < 1.29 is 4.74 Å². The topological polar surface area (TPSA) is 66.0 Å². The Labute approximate surface area is 107 Å². The van der Waals surface area contributed by atoms with Crippen LogP contribution in [-0.4, -0.2) is 15.0 Å². The third kappa shape index (κ3) is 2.68. The average Bonchev–Trinajstić information content (AvgIpc) is 2.77. The molecule has 5 heteroatoms. The molecule has 0 amide bonds. The molecule has 0 unspecified atom stereocenters. The number of hydrogen-bond acceptors (Lipinski definition) is 4. The molecule has 1 aromatic carbocycles. The molecular formula is C13H18N4O. The van der Waals surface area contributed by atoms with Crippen molar-refractivity contribution in [2.24, 2.45) is 12.8 Å². The van der Waals surface area contributed by atoms with Crippen molar-refractivity contribution in [3.63, 3.8) is 0 Å². The maximum Gasteiger partial charge on any atom is 0.132 e. The van der Waals surface area contributed by atoms with Crippen molar-refractivity contribution >= 4 is 0 Å². The Kier molecular flexibility index (Phi) is 3.94. The first-order chi connectivity index (χ1) is 8.74. The summed E-state index contributed by atoms with van der Waals surface area (Å²) in [4.78, 5) is 0. The second-order valence-corrected chi connectivity index (χ2v) is 4.10. The summed E-state index contributed by atoms with van der Waals surface area (Å²) in [6.45, 7) is 2.94. The fraction of sp³-hybridized carbons (Fsp3) is 0.385. The number of nitrogens with zero attached hydrogens (tertiary/aromatic N) is 3. The molecule has 0 fully saturated rings. The van der Waals surface area contributed by atoms with Crippen LogP contribution >= 0.6 is 0 Å². The summed E-state index contributed by atoms with van der Waals surface area (Å²) < 4.78 is 7.41. The SMILES string of the molecule is CCc1ccc(OCc2c(CN)nnn2C)cc1. The highest BCUT2D eigenvalue weighted by Gasteiger charge is 2.09. The number of ether oxygens (including phenoxy) is 1. The number of nitrogens with two attached hydrogens (primary N) is 1. The lowest BCUT2D eigenvalue weighted by Crippen LogP contribution is -2.08. The minimum atomic E-state index is 0.376. The van der Waals surface area contributed by atoms with E-state index in [1.807, 2.05) is 19.2 Å². The largest absolute Gasteiger partial charge is 0.487 e. The van der Waals surface area contributed by atoms with Crippen LogP contribution in [-0.2, 0) is 26.6 Å². The van der Waals surface area contributed by atoms with Crippen molar-refractivity contribution in [3.05, 3.63) is 41.2 Å². The first-order valence-corrected chi connectivity index (χ1v) is 6.03. The molecule has 1 aromatic heterocycles. The molecule has 0 radical (unpaired) electrons. The highest BCUT2D eigenvalue weighted by molar-refractivity contribution is 5.27. The van der Waals surface area contributed by atoms with Gasteiger partial charge in [-0.3, -0.25) is 0 Å². The third-order valence-corrected chi connectivity index (χ3v) is 2.92. The maximum atomic E-state index is 5.72. The van der Waals surface area contributed by atoms with Gasteiger partial charge in [0.2, 0.25) is 0 Å². The van der Waals surface area contributed by atoms with Crippen LogP contribution in [0.2, 0.25) is 0 Å². The van der Waals surface area contributed by atoms with E-state index in [4.69, 9.17) is 10.5 Å². The zero-order valence-electron chi connectivity index (χ0n) is 10.8. The van der Waals surface area contributed by atoms with Crippen LogP contribution < -0.4 is 10.5 Å². The lowest BCUT2D eigenvalue weighted by atomic mass is 10.2. The molecule has 0 saturated heterocycles. The Hall–Kier alpha value is -1.88. The van der Waals surface area contributed by atoms with Gasteiger partial charge in [-0.25, -0.2) is 4.68 Å². The van der Waals surface area contributed by atoms with Gasteiger partial charge in [-0.2, -0.15) is 0 Å². The molecule has 2 aromatic rings. The van der Waals surface area contributed by atoms with E-state index in [-0.39, 0.29) is 0 Å². The zero-order valence-corrected chi connectivity index (χ0v) is 10.8.